The fourth-order valence-corrected chi connectivity index (χ4v) is 7.60. The van der Waals surface area contributed by atoms with E-state index in [0.29, 0.717) is 13.2 Å². The van der Waals surface area contributed by atoms with Gasteiger partial charge in [0.2, 0.25) is 0 Å². The molecule has 0 unspecified atom stereocenters. The maximum Gasteiger partial charge on any atom is 0.288 e. The van der Waals surface area contributed by atoms with Crippen molar-refractivity contribution in [2.45, 2.75) is 13.8 Å². The second-order valence-corrected chi connectivity index (χ2v) is 11.0. The maximum absolute atomic E-state index is 6.96. The summed E-state index contributed by atoms with van der Waals surface area (Å²) in [4.78, 5) is 0. The number of ether oxygens (including phenoxy) is 1. The number of rotatable bonds is 8. The molecule has 0 N–H and O–H groups in total. The molecule has 0 bridgehead atoms. The zero-order chi connectivity index (χ0) is 19.2. The van der Waals surface area contributed by atoms with Crippen molar-refractivity contribution in [1.29, 1.82) is 0 Å². The molecule has 0 atom stereocenters. The van der Waals surface area contributed by atoms with Crippen molar-refractivity contribution in [3.63, 3.8) is 0 Å². The largest absolute Gasteiger partial charge is 0.404 e. The van der Waals surface area contributed by atoms with E-state index in [4.69, 9.17) is 9.16 Å². The fraction of sp³-hybridized carbons (Fsp3) is 0.250. The average molecular weight is 377 g/mol. The maximum atomic E-state index is 6.96. The molecule has 27 heavy (non-hydrogen) atoms. The number of benzene rings is 3. The predicted octanol–water partition coefficient (Wildman–Crippen LogP) is 3.34. The fourth-order valence-electron chi connectivity index (χ4n) is 3.50. The van der Waals surface area contributed by atoms with Gasteiger partial charge in [0, 0.05) is 19.1 Å². The highest BCUT2D eigenvalue weighted by Gasteiger charge is 2.42. The average Bonchev–Trinajstić information content (AvgIpc) is 2.71. The lowest BCUT2D eigenvalue weighted by Gasteiger charge is -2.36. The number of methoxy groups -OCH3 is 1. The standard InChI is InChI=1S/C24H28O2Si/c1-24(2,19-25-3)20-26-27(21-13-7-4-8-14-21,22-15-9-5-10-16-22)23-17-11-6-12-18-23/h4-18H,19-20H2,1-3H3. The van der Waals surface area contributed by atoms with Crippen molar-refractivity contribution < 1.29 is 9.16 Å². The molecule has 0 amide bonds. The van der Waals surface area contributed by atoms with Crippen molar-refractivity contribution in [3.8, 4) is 0 Å². The Kier molecular flexibility index (Phi) is 6.27. The molecule has 0 aliphatic heterocycles. The summed E-state index contributed by atoms with van der Waals surface area (Å²) in [7, 11) is -0.870. The van der Waals surface area contributed by atoms with Gasteiger partial charge >= 0.3 is 0 Å². The van der Waals surface area contributed by atoms with E-state index < -0.39 is 8.32 Å². The van der Waals surface area contributed by atoms with Gasteiger partial charge in [0.15, 0.2) is 0 Å². The molecule has 0 saturated heterocycles. The third kappa shape index (κ3) is 4.38. The lowest BCUT2D eigenvalue weighted by Crippen LogP contribution is -2.70. The van der Waals surface area contributed by atoms with Crippen molar-refractivity contribution in [3.05, 3.63) is 91.0 Å². The molecule has 0 saturated carbocycles. The summed E-state index contributed by atoms with van der Waals surface area (Å²) in [5.41, 5.74) is -0.0641. The quantitative estimate of drug-likeness (QED) is 0.443. The summed E-state index contributed by atoms with van der Waals surface area (Å²) < 4.78 is 12.4. The van der Waals surface area contributed by atoms with E-state index in [0.717, 1.165) is 0 Å². The van der Waals surface area contributed by atoms with E-state index in [9.17, 15) is 0 Å². The zero-order valence-corrected chi connectivity index (χ0v) is 17.4. The third-order valence-corrected chi connectivity index (χ3v) is 8.77. The van der Waals surface area contributed by atoms with Crippen molar-refractivity contribution >= 4 is 23.9 Å². The van der Waals surface area contributed by atoms with Crippen LogP contribution in [0.3, 0.4) is 0 Å². The molecule has 2 nitrogen and oxygen atoms in total. The Balaban J connectivity index is 2.17. The Labute approximate surface area is 163 Å². The van der Waals surface area contributed by atoms with E-state index in [1.165, 1.54) is 15.6 Å². The lowest BCUT2D eigenvalue weighted by molar-refractivity contribution is 0.0637. The molecule has 3 aromatic rings. The first-order valence-corrected chi connectivity index (χ1v) is 11.3. The molecule has 140 valence electrons. The number of hydrogen-bond donors (Lipinski definition) is 0. The molecule has 0 fully saturated rings. The van der Waals surface area contributed by atoms with Gasteiger partial charge in [0.1, 0.15) is 0 Å². The summed E-state index contributed by atoms with van der Waals surface area (Å²) >= 11 is 0. The van der Waals surface area contributed by atoms with Crippen LogP contribution >= 0.6 is 0 Å². The highest BCUT2D eigenvalue weighted by Crippen LogP contribution is 2.19. The van der Waals surface area contributed by atoms with E-state index in [1.807, 2.05) is 0 Å². The van der Waals surface area contributed by atoms with Gasteiger partial charge in [-0.2, -0.15) is 0 Å². The summed E-state index contributed by atoms with van der Waals surface area (Å²) in [6, 6.07) is 32.0. The van der Waals surface area contributed by atoms with E-state index >= 15 is 0 Å². The van der Waals surface area contributed by atoms with Crippen LogP contribution in [-0.2, 0) is 9.16 Å². The van der Waals surface area contributed by atoms with Gasteiger partial charge in [-0.15, -0.1) is 0 Å². The van der Waals surface area contributed by atoms with Gasteiger partial charge in [-0.05, 0) is 15.6 Å². The van der Waals surface area contributed by atoms with Crippen molar-refractivity contribution in [1.82, 2.24) is 0 Å². The normalized spacial score (nSPS) is 12.1. The Morgan fingerprint density at radius 2 is 1.00 bits per heavy atom. The zero-order valence-electron chi connectivity index (χ0n) is 16.4. The van der Waals surface area contributed by atoms with E-state index in [-0.39, 0.29) is 5.41 Å². The molecular formula is C24H28O2Si. The van der Waals surface area contributed by atoms with Crippen LogP contribution in [-0.4, -0.2) is 28.6 Å². The molecule has 0 aromatic heterocycles. The number of hydrogen-bond acceptors (Lipinski definition) is 2. The molecule has 3 aromatic carbocycles. The van der Waals surface area contributed by atoms with Crippen LogP contribution in [0, 0.1) is 5.41 Å². The Morgan fingerprint density at radius 1 is 0.630 bits per heavy atom. The molecule has 0 aliphatic rings. The van der Waals surface area contributed by atoms with E-state index in [1.54, 1.807) is 7.11 Å². The highest BCUT2D eigenvalue weighted by molar-refractivity contribution is 7.07. The first-order valence-electron chi connectivity index (χ1n) is 9.38. The minimum atomic E-state index is -2.62. The molecule has 3 heteroatoms. The first kappa shape index (κ1) is 19.6. The van der Waals surface area contributed by atoms with Gasteiger partial charge in [0.25, 0.3) is 8.32 Å². The molecule has 0 aliphatic carbocycles. The van der Waals surface area contributed by atoms with Crippen LogP contribution in [0.5, 0.6) is 0 Å². The molecule has 0 radical (unpaired) electrons. The minimum absolute atomic E-state index is 0.0641. The molecule has 0 spiro atoms. The Hall–Kier alpha value is -2.20. The van der Waals surface area contributed by atoms with Gasteiger partial charge in [-0.3, -0.25) is 0 Å². The Bertz CT molecular complexity index is 720. The van der Waals surface area contributed by atoms with Gasteiger partial charge < -0.3 is 9.16 Å². The van der Waals surface area contributed by atoms with Crippen molar-refractivity contribution in [2.75, 3.05) is 20.3 Å². The third-order valence-electron chi connectivity index (χ3n) is 4.76. The second-order valence-electron chi connectivity index (χ2n) is 7.67. The molecular weight excluding hydrogens is 348 g/mol. The molecule has 3 rings (SSSR count). The predicted molar refractivity (Wildman–Crippen MR) is 116 cm³/mol. The monoisotopic (exact) mass is 376 g/mol. The SMILES string of the molecule is COCC(C)(C)CO[Si](c1ccccc1)(c1ccccc1)c1ccccc1. The second kappa shape index (κ2) is 8.66. The first-order chi connectivity index (χ1) is 13.1. The van der Waals surface area contributed by atoms with Gasteiger partial charge in [-0.1, -0.05) is 105 Å². The van der Waals surface area contributed by atoms with Crippen LogP contribution in [0.15, 0.2) is 91.0 Å². The van der Waals surface area contributed by atoms with Gasteiger partial charge in [0.05, 0.1) is 6.61 Å². The van der Waals surface area contributed by atoms with Crippen LogP contribution < -0.4 is 15.6 Å². The van der Waals surface area contributed by atoms with Crippen LogP contribution in [0.2, 0.25) is 0 Å². The minimum Gasteiger partial charge on any atom is -0.404 e. The summed E-state index contributed by atoms with van der Waals surface area (Å²) in [6.07, 6.45) is 0. The van der Waals surface area contributed by atoms with E-state index in [2.05, 4.69) is 105 Å². The van der Waals surface area contributed by atoms with Gasteiger partial charge in [-0.25, -0.2) is 0 Å². The summed E-state index contributed by atoms with van der Waals surface area (Å²) in [5.74, 6) is 0. The van der Waals surface area contributed by atoms with Crippen LogP contribution in [0.1, 0.15) is 13.8 Å². The summed E-state index contributed by atoms with van der Waals surface area (Å²) in [6.45, 7) is 5.68. The highest BCUT2D eigenvalue weighted by atomic mass is 28.4. The Morgan fingerprint density at radius 3 is 1.33 bits per heavy atom. The van der Waals surface area contributed by atoms with Crippen LogP contribution in [0.4, 0.5) is 0 Å². The summed E-state index contributed by atoms with van der Waals surface area (Å²) in [5, 5.41) is 3.78. The van der Waals surface area contributed by atoms with Crippen LogP contribution in [0.25, 0.3) is 0 Å². The smallest absolute Gasteiger partial charge is 0.288 e. The molecule has 0 heterocycles. The lowest BCUT2D eigenvalue weighted by atomic mass is 9.97. The topological polar surface area (TPSA) is 18.5 Å². The van der Waals surface area contributed by atoms with Crippen molar-refractivity contribution in [2.24, 2.45) is 5.41 Å².